The maximum absolute atomic E-state index is 12.9. The maximum Gasteiger partial charge on any atom is 0.243 e. The number of fused-ring (bicyclic) bond motifs is 1. The zero-order chi connectivity index (χ0) is 23.3. The Balaban J connectivity index is 1.86. The Morgan fingerprint density at radius 2 is 1.97 bits per heavy atom. The number of aromatic nitrogens is 3. The number of sulfonamides is 1. The van der Waals surface area contributed by atoms with Crippen molar-refractivity contribution in [1.29, 1.82) is 0 Å². The minimum absolute atomic E-state index is 0.150. The summed E-state index contributed by atoms with van der Waals surface area (Å²) in [6.45, 7) is 9.23. The van der Waals surface area contributed by atoms with Crippen molar-refractivity contribution in [1.82, 2.24) is 18.8 Å². The molecular weight excluding hydrogens is 466 g/mol. The highest BCUT2D eigenvalue weighted by Gasteiger charge is 2.23. The van der Waals surface area contributed by atoms with Crippen molar-refractivity contribution in [2.75, 3.05) is 24.2 Å². The lowest BCUT2D eigenvalue weighted by molar-refractivity contribution is -0.113. The van der Waals surface area contributed by atoms with E-state index in [4.69, 9.17) is 0 Å². The van der Waals surface area contributed by atoms with Gasteiger partial charge in [0.1, 0.15) is 0 Å². The zero-order valence-electron chi connectivity index (χ0n) is 18.8. The molecule has 2 aromatic heterocycles. The Morgan fingerprint density at radius 1 is 1.22 bits per heavy atom. The number of thiazole rings is 1. The van der Waals surface area contributed by atoms with Crippen molar-refractivity contribution >= 4 is 55.2 Å². The molecule has 3 rings (SSSR count). The number of anilines is 1. The van der Waals surface area contributed by atoms with E-state index < -0.39 is 10.0 Å². The minimum atomic E-state index is -3.56. The van der Waals surface area contributed by atoms with Crippen molar-refractivity contribution in [2.45, 2.75) is 57.1 Å². The van der Waals surface area contributed by atoms with Crippen LogP contribution < -0.4 is 5.32 Å². The van der Waals surface area contributed by atoms with Gasteiger partial charge in [-0.25, -0.2) is 18.4 Å². The first kappa shape index (κ1) is 24.7. The van der Waals surface area contributed by atoms with Crippen LogP contribution in [0.15, 0.2) is 33.6 Å². The monoisotopic (exact) mass is 495 g/mol. The van der Waals surface area contributed by atoms with Crippen LogP contribution in [0, 0.1) is 6.92 Å². The number of imidazole rings is 1. The van der Waals surface area contributed by atoms with Gasteiger partial charge in [-0.2, -0.15) is 4.31 Å². The van der Waals surface area contributed by atoms with Gasteiger partial charge in [-0.3, -0.25) is 4.79 Å². The van der Waals surface area contributed by atoms with E-state index in [1.165, 1.54) is 27.4 Å². The number of carbonyl (C=O) groups excluding carboxylic acids is 1. The Morgan fingerprint density at radius 3 is 2.59 bits per heavy atom. The molecule has 1 aromatic carbocycles. The highest BCUT2D eigenvalue weighted by Crippen LogP contribution is 2.28. The standard InChI is InChI=1S/C21H29N5O3S3/c1-5-8-11-26-18-10-9-16(32(28,29)25(6-2)7-3)12-17(18)23-21(26)31-14-19(27)24-20-22-15(4)13-30-20/h9-10,12-13H,5-8,11,14H2,1-4H3,(H,22,24,27). The summed E-state index contributed by atoms with van der Waals surface area (Å²) in [5, 5.41) is 5.98. The lowest BCUT2D eigenvalue weighted by atomic mass is 10.3. The van der Waals surface area contributed by atoms with E-state index in [1.54, 1.807) is 12.1 Å². The Labute approximate surface area is 197 Å². The number of unbranched alkanes of at least 4 members (excludes halogenated alkanes) is 1. The lowest BCUT2D eigenvalue weighted by Crippen LogP contribution is -2.30. The number of aryl methyl sites for hydroxylation is 2. The van der Waals surface area contributed by atoms with E-state index in [9.17, 15) is 13.2 Å². The summed E-state index contributed by atoms with van der Waals surface area (Å²) >= 11 is 2.74. The smallest absolute Gasteiger partial charge is 0.243 e. The van der Waals surface area contributed by atoms with Crippen LogP contribution in [0.25, 0.3) is 11.0 Å². The molecule has 0 saturated carbocycles. The zero-order valence-corrected chi connectivity index (χ0v) is 21.2. The third-order valence-electron chi connectivity index (χ3n) is 4.96. The molecule has 174 valence electrons. The van der Waals surface area contributed by atoms with Gasteiger partial charge in [0.15, 0.2) is 10.3 Å². The molecule has 0 aliphatic carbocycles. The second-order valence-electron chi connectivity index (χ2n) is 7.27. The Hall–Kier alpha value is -1.95. The molecule has 0 radical (unpaired) electrons. The average Bonchev–Trinajstić information content (AvgIpc) is 3.33. The molecule has 0 spiro atoms. The molecule has 0 aliphatic rings. The van der Waals surface area contributed by atoms with E-state index >= 15 is 0 Å². The second-order valence-corrected chi connectivity index (χ2v) is 11.0. The van der Waals surface area contributed by atoms with Crippen molar-refractivity contribution in [2.24, 2.45) is 0 Å². The molecule has 0 bridgehead atoms. The first-order valence-corrected chi connectivity index (χ1v) is 14.0. The highest BCUT2D eigenvalue weighted by molar-refractivity contribution is 7.99. The van der Waals surface area contributed by atoms with Crippen molar-refractivity contribution in [3.63, 3.8) is 0 Å². The molecule has 0 fully saturated rings. The molecule has 1 amide bonds. The Kier molecular flexibility index (Phi) is 8.32. The summed E-state index contributed by atoms with van der Waals surface area (Å²) in [7, 11) is -3.56. The van der Waals surface area contributed by atoms with Crippen LogP contribution in [0.2, 0.25) is 0 Å². The molecule has 0 atom stereocenters. The van der Waals surface area contributed by atoms with Crippen LogP contribution in [0.5, 0.6) is 0 Å². The van der Waals surface area contributed by atoms with Gasteiger partial charge >= 0.3 is 0 Å². The fraction of sp³-hybridized carbons (Fsp3) is 0.476. The summed E-state index contributed by atoms with van der Waals surface area (Å²) in [6, 6.07) is 5.09. The number of rotatable bonds is 11. The third kappa shape index (κ3) is 5.51. The Bertz CT molecular complexity index is 1180. The molecule has 32 heavy (non-hydrogen) atoms. The first-order valence-electron chi connectivity index (χ1n) is 10.6. The number of hydrogen-bond donors (Lipinski definition) is 1. The van der Waals surface area contributed by atoms with Crippen molar-refractivity contribution < 1.29 is 13.2 Å². The topological polar surface area (TPSA) is 97.2 Å². The third-order valence-corrected chi connectivity index (χ3v) is 8.86. The number of thioether (sulfide) groups is 1. The molecule has 0 saturated heterocycles. The van der Waals surface area contributed by atoms with Gasteiger partial charge < -0.3 is 9.88 Å². The molecule has 0 unspecified atom stereocenters. The van der Waals surface area contributed by atoms with Crippen LogP contribution in [0.4, 0.5) is 5.13 Å². The van der Waals surface area contributed by atoms with Crippen molar-refractivity contribution in [3.05, 3.63) is 29.3 Å². The molecular formula is C21H29N5O3S3. The number of nitrogens with one attached hydrogen (secondary N) is 1. The van der Waals surface area contributed by atoms with Gasteiger partial charge in [-0.1, -0.05) is 39.0 Å². The largest absolute Gasteiger partial charge is 0.319 e. The van der Waals surface area contributed by atoms with E-state index in [2.05, 4.69) is 26.8 Å². The van der Waals surface area contributed by atoms with Crippen LogP contribution in [-0.4, -0.2) is 52.0 Å². The SMILES string of the molecule is CCCCn1c(SCC(=O)Nc2nc(C)cs2)nc2cc(S(=O)(=O)N(CC)CC)ccc21. The number of carbonyl (C=O) groups is 1. The normalized spacial score (nSPS) is 12.0. The summed E-state index contributed by atoms with van der Waals surface area (Å²) < 4.78 is 29.3. The fourth-order valence-electron chi connectivity index (χ4n) is 3.30. The van der Waals surface area contributed by atoms with Gasteiger partial charge in [-0.05, 0) is 31.5 Å². The number of nitrogens with zero attached hydrogens (tertiary/aromatic N) is 4. The minimum Gasteiger partial charge on any atom is -0.319 e. The van der Waals surface area contributed by atoms with E-state index in [-0.39, 0.29) is 16.6 Å². The summed E-state index contributed by atoms with van der Waals surface area (Å²) in [4.78, 5) is 21.6. The number of amides is 1. The maximum atomic E-state index is 12.9. The van der Waals surface area contributed by atoms with Crippen LogP contribution in [0.3, 0.4) is 0 Å². The van der Waals surface area contributed by atoms with Crippen LogP contribution in [0.1, 0.15) is 39.3 Å². The molecule has 3 aromatic rings. The summed E-state index contributed by atoms with van der Waals surface area (Å²) in [5.41, 5.74) is 2.36. The molecule has 1 N–H and O–H groups in total. The molecule has 11 heteroatoms. The van der Waals surface area contributed by atoms with Crippen LogP contribution >= 0.6 is 23.1 Å². The van der Waals surface area contributed by atoms with Gasteiger partial charge in [0, 0.05) is 25.0 Å². The molecule has 0 aliphatic heterocycles. The summed E-state index contributed by atoms with van der Waals surface area (Å²) in [5.74, 6) is 0.0434. The fourth-order valence-corrected chi connectivity index (χ4v) is 6.32. The van der Waals surface area contributed by atoms with E-state index in [0.29, 0.717) is 28.9 Å². The van der Waals surface area contributed by atoms with Gasteiger partial charge in [0.2, 0.25) is 15.9 Å². The predicted molar refractivity (Wildman–Crippen MR) is 131 cm³/mol. The quantitative estimate of drug-likeness (QED) is 0.397. The lowest BCUT2D eigenvalue weighted by Gasteiger charge is -2.18. The van der Waals surface area contributed by atoms with Gasteiger partial charge in [0.25, 0.3) is 0 Å². The van der Waals surface area contributed by atoms with Crippen molar-refractivity contribution in [3.8, 4) is 0 Å². The first-order chi connectivity index (χ1) is 15.3. The number of benzene rings is 1. The van der Waals surface area contributed by atoms with Gasteiger partial charge in [-0.15, -0.1) is 11.3 Å². The van der Waals surface area contributed by atoms with E-state index in [0.717, 1.165) is 30.6 Å². The summed E-state index contributed by atoms with van der Waals surface area (Å²) in [6.07, 6.45) is 1.98. The van der Waals surface area contributed by atoms with Crippen LogP contribution in [-0.2, 0) is 21.4 Å². The average molecular weight is 496 g/mol. The second kappa shape index (κ2) is 10.8. The molecule has 8 nitrogen and oxygen atoms in total. The highest BCUT2D eigenvalue weighted by atomic mass is 32.2. The molecule has 2 heterocycles. The van der Waals surface area contributed by atoms with E-state index in [1.807, 2.05) is 32.2 Å². The van der Waals surface area contributed by atoms with Gasteiger partial charge in [0.05, 0.1) is 27.4 Å². The predicted octanol–water partition coefficient (Wildman–Crippen LogP) is 4.36. The number of hydrogen-bond acceptors (Lipinski definition) is 7.